The molecule has 0 saturated carbocycles. The van der Waals surface area contributed by atoms with Gasteiger partial charge in [-0.25, -0.2) is 0 Å². The van der Waals surface area contributed by atoms with Gasteiger partial charge in [0.25, 0.3) is 0 Å². The Kier molecular flexibility index (Phi) is 4.03. The summed E-state index contributed by atoms with van der Waals surface area (Å²) in [5.41, 5.74) is 1.16. The molecule has 0 aromatic heterocycles. The van der Waals surface area contributed by atoms with Gasteiger partial charge in [0.1, 0.15) is 0 Å². The van der Waals surface area contributed by atoms with E-state index in [0.717, 1.165) is 12.1 Å². The summed E-state index contributed by atoms with van der Waals surface area (Å²) in [6.45, 7) is 4.18. The van der Waals surface area contributed by atoms with Gasteiger partial charge in [0.15, 0.2) is 0 Å². The van der Waals surface area contributed by atoms with Crippen LogP contribution in [-0.2, 0) is 0 Å². The lowest BCUT2D eigenvalue weighted by atomic mass is 10.2. The minimum absolute atomic E-state index is 1.10. The van der Waals surface area contributed by atoms with E-state index >= 15 is 0 Å². The van der Waals surface area contributed by atoms with Gasteiger partial charge in [-0.15, -0.1) is 0 Å². The summed E-state index contributed by atoms with van der Waals surface area (Å²) < 4.78 is 0. The van der Waals surface area contributed by atoms with Crippen LogP contribution < -0.4 is 0 Å². The SMILES string of the molecule is C/C=C\N1C=CN=C/C1=C\CCC. The average molecular weight is 176 g/mol. The van der Waals surface area contributed by atoms with Crippen molar-refractivity contribution in [1.29, 1.82) is 0 Å². The first-order valence-electron chi connectivity index (χ1n) is 4.69. The Morgan fingerprint density at radius 1 is 1.54 bits per heavy atom. The molecule has 13 heavy (non-hydrogen) atoms. The molecule has 0 bridgehead atoms. The predicted octanol–water partition coefficient (Wildman–Crippen LogP) is 3.06. The zero-order valence-corrected chi connectivity index (χ0v) is 8.27. The van der Waals surface area contributed by atoms with Crippen LogP contribution in [0.2, 0.25) is 0 Å². The molecule has 0 atom stereocenters. The molecule has 0 aliphatic carbocycles. The summed E-state index contributed by atoms with van der Waals surface area (Å²) in [5, 5.41) is 0. The first-order chi connectivity index (χ1) is 6.38. The lowest BCUT2D eigenvalue weighted by Gasteiger charge is -2.18. The highest BCUT2D eigenvalue weighted by Crippen LogP contribution is 2.10. The summed E-state index contributed by atoms with van der Waals surface area (Å²) in [6, 6.07) is 0. The third-order valence-electron chi connectivity index (χ3n) is 1.77. The van der Waals surface area contributed by atoms with E-state index in [9.17, 15) is 0 Å². The number of allylic oxidation sites excluding steroid dienone is 3. The number of rotatable bonds is 3. The first kappa shape index (κ1) is 9.78. The highest BCUT2D eigenvalue weighted by Gasteiger charge is 2.02. The second-order valence-electron chi connectivity index (χ2n) is 2.88. The summed E-state index contributed by atoms with van der Waals surface area (Å²) in [5.74, 6) is 0. The summed E-state index contributed by atoms with van der Waals surface area (Å²) in [6.07, 6.45) is 14.2. The topological polar surface area (TPSA) is 15.6 Å². The zero-order valence-electron chi connectivity index (χ0n) is 8.27. The second kappa shape index (κ2) is 5.36. The number of hydrogen-bond donors (Lipinski definition) is 0. The molecule has 0 aromatic rings. The zero-order chi connectivity index (χ0) is 9.52. The molecule has 1 aliphatic rings. The van der Waals surface area contributed by atoms with Crippen molar-refractivity contribution < 1.29 is 0 Å². The molecule has 2 heteroatoms. The Morgan fingerprint density at radius 2 is 2.38 bits per heavy atom. The highest BCUT2D eigenvalue weighted by atomic mass is 15.1. The number of unbranched alkanes of at least 4 members (excludes halogenated alkanes) is 1. The Labute approximate surface area is 80.0 Å². The molecule has 1 aliphatic heterocycles. The summed E-state index contributed by atoms with van der Waals surface area (Å²) >= 11 is 0. The van der Waals surface area contributed by atoms with Gasteiger partial charge in [0, 0.05) is 18.6 Å². The van der Waals surface area contributed by atoms with Crippen LogP contribution in [0, 0.1) is 0 Å². The minimum Gasteiger partial charge on any atom is -0.321 e. The number of nitrogens with zero attached hydrogens (tertiary/aromatic N) is 2. The van der Waals surface area contributed by atoms with Gasteiger partial charge >= 0.3 is 0 Å². The maximum Gasteiger partial charge on any atom is 0.0593 e. The van der Waals surface area contributed by atoms with Crippen LogP contribution in [0.4, 0.5) is 0 Å². The van der Waals surface area contributed by atoms with Crippen molar-refractivity contribution in [1.82, 2.24) is 4.90 Å². The lowest BCUT2D eigenvalue weighted by Crippen LogP contribution is -2.12. The van der Waals surface area contributed by atoms with Crippen molar-refractivity contribution in [3.63, 3.8) is 0 Å². The van der Waals surface area contributed by atoms with Crippen molar-refractivity contribution in [3.8, 4) is 0 Å². The van der Waals surface area contributed by atoms with Crippen LogP contribution in [0.1, 0.15) is 26.7 Å². The molecule has 1 heterocycles. The minimum atomic E-state index is 1.10. The summed E-state index contributed by atoms with van der Waals surface area (Å²) in [7, 11) is 0. The van der Waals surface area contributed by atoms with E-state index in [0.29, 0.717) is 0 Å². The number of hydrogen-bond acceptors (Lipinski definition) is 2. The van der Waals surface area contributed by atoms with Crippen molar-refractivity contribution in [2.24, 2.45) is 4.99 Å². The molecular weight excluding hydrogens is 160 g/mol. The van der Waals surface area contributed by atoms with E-state index in [-0.39, 0.29) is 0 Å². The quantitative estimate of drug-likeness (QED) is 0.645. The smallest absolute Gasteiger partial charge is 0.0593 e. The highest BCUT2D eigenvalue weighted by molar-refractivity contribution is 5.79. The van der Waals surface area contributed by atoms with E-state index in [1.54, 1.807) is 6.20 Å². The Balaban J connectivity index is 2.70. The van der Waals surface area contributed by atoms with Gasteiger partial charge in [0.2, 0.25) is 0 Å². The first-order valence-corrected chi connectivity index (χ1v) is 4.69. The van der Waals surface area contributed by atoms with Gasteiger partial charge in [-0.2, -0.15) is 0 Å². The largest absolute Gasteiger partial charge is 0.321 e. The molecular formula is C11H16N2. The molecule has 0 unspecified atom stereocenters. The van der Waals surface area contributed by atoms with Crippen molar-refractivity contribution in [3.05, 3.63) is 36.4 Å². The van der Waals surface area contributed by atoms with Crippen LogP contribution in [0.25, 0.3) is 0 Å². The van der Waals surface area contributed by atoms with E-state index in [2.05, 4.69) is 22.9 Å². The van der Waals surface area contributed by atoms with Crippen LogP contribution in [0.3, 0.4) is 0 Å². The Hall–Kier alpha value is -1.31. The van der Waals surface area contributed by atoms with E-state index in [4.69, 9.17) is 0 Å². The Bertz CT molecular complexity index is 259. The second-order valence-corrected chi connectivity index (χ2v) is 2.88. The fraction of sp³-hybridized carbons (Fsp3) is 0.364. The Morgan fingerprint density at radius 3 is 3.08 bits per heavy atom. The van der Waals surface area contributed by atoms with Crippen LogP contribution in [-0.4, -0.2) is 11.1 Å². The van der Waals surface area contributed by atoms with Gasteiger partial charge in [-0.1, -0.05) is 25.5 Å². The molecule has 0 radical (unpaired) electrons. The molecule has 0 saturated heterocycles. The van der Waals surface area contributed by atoms with Crippen molar-refractivity contribution >= 4 is 6.21 Å². The monoisotopic (exact) mass is 176 g/mol. The molecule has 70 valence electrons. The maximum atomic E-state index is 4.09. The molecule has 0 spiro atoms. The molecule has 2 nitrogen and oxygen atoms in total. The van der Waals surface area contributed by atoms with Crippen LogP contribution in [0.15, 0.2) is 41.4 Å². The molecule has 0 amide bonds. The summed E-state index contributed by atoms with van der Waals surface area (Å²) in [4.78, 5) is 6.17. The molecule has 1 rings (SSSR count). The standard InChI is InChI=1S/C11H16N2/c1-3-5-6-11-10-12-7-9-13(11)8-4-2/h4,6-10H,3,5H2,1-2H3/b8-4-,11-6+. The fourth-order valence-corrected chi connectivity index (χ4v) is 1.13. The fourth-order valence-electron chi connectivity index (χ4n) is 1.13. The predicted molar refractivity (Wildman–Crippen MR) is 57.3 cm³/mol. The normalized spacial score (nSPS) is 19.2. The number of aliphatic imine (C=N–C) groups is 1. The third-order valence-corrected chi connectivity index (χ3v) is 1.77. The van der Waals surface area contributed by atoms with E-state index in [1.807, 2.05) is 31.6 Å². The van der Waals surface area contributed by atoms with Gasteiger partial charge < -0.3 is 4.90 Å². The maximum absolute atomic E-state index is 4.09. The molecule has 0 fully saturated rings. The molecule has 0 N–H and O–H groups in total. The third kappa shape index (κ3) is 2.90. The van der Waals surface area contributed by atoms with Crippen molar-refractivity contribution in [2.75, 3.05) is 0 Å². The van der Waals surface area contributed by atoms with Crippen molar-refractivity contribution in [2.45, 2.75) is 26.7 Å². The average Bonchev–Trinajstić information content (AvgIpc) is 2.17. The van der Waals surface area contributed by atoms with E-state index in [1.165, 1.54) is 6.42 Å². The van der Waals surface area contributed by atoms with Gasteiger partial charge in [-0.05, 0) is 13.3 Å². The van der Waals surface area contributed by atoms with Gasteiger partial charge in [-0.3, -0.25) is 4.99 Å². The molecule has 0 aromatic carbocycles. The van der Waals surface area contributed by atoms with Gasteiger partial charge in [0.05, 0.1) is 11.9 Å². The van der Waals surface area contributed by atoms with Crippen LogP contribution in [0.5, 0.6) is 0 Å². The lowest BCUT2D eigenvalue weighted by molar-refractivity contribution is 0.650. The van der Waals surface area contributed by atoms with Crippen LogP contribution >= 0.6 is 0 Å². The van der Waals surface area contributed by atoms with E-state index < -0.39 is 0 Å².